The van der Waals surface area contributed by atoms with E-state index >= 15 is 0 Å². The molecule has 1 saturated heterocycles. The fourth-order valence-electron chi connectivity index (χ4n) is 3.37. The molecule has 1 aliphatic rings. The number of amides is 4. The molecule has 1 fully saturated rings. The molecule has 0 spiro atoms. The van der Waals surface area contributed by atoms with Crippen molar-refractivity contribution in [1.29, 1.82) is 0 Å². The number of urea groups is 1. The van der Waals surface area contributed by atoms with E-state index in [0.717, 1.165) is 12.1 Å². The van der Waals surface area contributed by atoms with Crippen LogP contribution in [0.2, 0.25) is 10.0 Å². The van der Waals surface area contributed by atoms with Crippen LogP contribution in [0, 0.1) is 15.9 Å². The Morgan fingerprint density at radius 3 is 2.39 bits per heavy atom. The second-order valence-corrected chi connectivity index (χ2v) is 8.24. The molecule has 1 N–H and O–H groups in total. The number of hydrogen-bond donors (Lipinski definition) is 1. The van der Waals surface area contributed by atoms with Gasteiger partial charge in [0.2, 0.25) is 0 Å². The zero-order valence-corrected chi connectivity index (χ0v) is 19.5. The maximum absolute atomic E-state index is 13.9. The van der Waals surface area contributed by atoms with Gasteiger partial charge in [-0.05, 0) is 35.9 Å². The number of nitro benzene ring substituents is 1. The van der Waals surface area contributed by atoms with Crippen molar-refractivity contribution in [2.24, 2.45) is 0 Å². The lowest BCUT2D eigenvalue weighted by atomic mass is 10.1. The van der Waals surface area contributed by atoms with Crippen LogP contribution >= 0.6 is 23.2 Å². The first-order chi connectivity index (χ1) is 17.2. The largest absolute Gasteiger partial charge is 0.486 e. The van der Waals surface area contributed by atoms with Gasteiger partial charge < -0.3 is 4.74 Å². The van der Waals surface area contributed by atoms with Crippen LogP contribution in [-0.4, -0.2) is 22.8 Å². The predicted molar refractivity (Wildman–Crippen MR) is 129 cm³/mol. The number of rotatable bonds is 6. The third-order valence-electron chi connectivity index (χ3n) is 5.06. The highest BCUT2D eigenvalue weighted by molar-refractivity contribution is 6.40. The van der Waals surface area contributed by atoms with Crippen molar-refractivity contribution in [2.75, 3.05) is 4.90 Å². The van der Waals surface area contributed by atoms with Crippen molar-refractivity contribution in [3.8, 4) is 5.75 Å². The molecule has 0 unspecified atom stereocenters. The van der Waals surface area contributed by atoms with Gasteiger partial charge in [-0.25, -0.2) is 14.1 Å². The minimum Gasteiger partial charge on any atom is -0.486 e. The van der Waals surface area contributed by atoms with Crippen molar-refractivity contribution in [2.45, 2.75) is 6.61 Å². The SMILES string of the molecule is O=C1NC(=O)N(c2cccc([N+](=O)[O-])c2)C(=O)/C1=C/c1cc(Cl)c(OCc2ccccc2F)c(Cl)c1. The summed E-state index contributed by atoms with van der Waals surface area (Å²) < 4.78 is 19.4. The fourth-order valence-corrected chi connectivity index (χ4v) is 3.98. The molecule has 1 heterocycles. The van der Waals surface area contributed by atoms with Crippen molar-refractivity contribution in [3.63, 3.8) is 0 Å². The Labute approximate surface area is 212 Å². The number of imide groups is 2. The number of carbonyl (C=O) groups excluding carboxylic acids is 3. The van der Waals surface area contributed by atoms with Gasteiger partial charge in [0.05, 0.1) is 20.7 Å². The highest BCUT2D eigenvalue weighted by atomic mass is 35.5. The van der Waals surface area contributed by atoms with Gasteiger partial charge in [0, 0.05) is 17.7 Å². The number of barbiturate groups is 1. The number of ether oxygens (including phenoxy) is 1. The maximum Gasteiger partial charge on any atom is 0.335 e. The Kier molecular flexibility index (Phi) is 7.00. The number of non-ortho nitro benzene ring substituents is 1. The molecule has 3 aromatic rings. The molecule has 12 heteroatoms. The number of carbonyl (C=O) groups is 3. The summed E-state index contributed by atoms with van der Waals surface area (Å²) in [5, 5.41) is 13.2. The fraction of sp³-hybridized carbons (Fsp3) is 0.0417. The molecule has 0 aliphatic carbocycles. The summed E-state index contributed by atoms with van der Waals surface area (Å²) in [5.74, 6) is -2.37. The van der Waals surface area contributed by atoms with Crippen LogP contribution in [0.15, 0.2) is 66.2 Å². The second-order valence-electron chi connectivity index (χ2n) is 7.43. The molecule has 0 bridgehead atoms. The normalized spacial score (nSPS) is 14.7. The van der Waals surface area contributed by atoms with Crippen molar-refractivity contribution >= 4 is 58.5 Å². The molecule has 4 amide bonds. The first kappa shape index (κ1) is 24.8. The van der Waals surface area contributed by atoms with E-state index < -0.39 is 34.2 Å². The minimum absolute atomic E-state index is 0.0287. The highest BCUT2D eigenvalue weighted by Gasteiger charge is 2.37. The monoisotopic (exact) mass is 529 g/mol. The summed E-state index contributed by atoms with van der Waals surface area (Å²) in [5.41, 5.74) is -0.368. The van der Waals surface area contributed by atoms with Crippen LogP contribution < -0.4 is 15.0 Å². The van der Waals surface area contributed by atoms with Crippen molar-refractivity contribution in [1.82, 2.24) is 5.32 Å². The lowest BCUT2D eigenvalue weighted by Crippen LogP contribution is -2.54. The smallest absolute Gasteiger partial charge is 0.335 e. The summed E-state index contributed by atoms with van der Waals surface area (Å²) in [6, 6.07) is 12.5. The average molecular weight is 530 g/mol. The van der Waals surface area contributed by atoms with Gasteiger partial charge in [-0.2, -0.15) is 0 Å². The number of nitrogens with one attached hydrogen (secondary N) is 1. The zero-order chi connectivity index (χ0) is 26.0. The van der Waals surface area contributed by atoms with Gasteiger partial charge in [-0.3, -0.25) is 25.0 Å². The molecular weight excluding hydrogens is 516 g/mol. The quantitative estimate of drug-likeness (QED) is 0.200. The zero-order valence-electron chi connectivity index (χ0n) is 18.0. The lowest BCUT2D eigenvalue weighted by molar-refractivity contribution is -0.384. The topological polar surface area (TPSA) is 119 Å². The van der Waals surface area contributed by atoms with Crippen LogP contribution in [0.25, 0.3) is 6.08 Å². The number of anilines is 1. The lowest BCUT2D eigenvalue weighted by Gasteiger charge is -2.26. The van der Waals surface area contributed by atoms with Gasteiger partial charge in [-0.15, -0.1) is 0 Å². The third-order valence-corrected chi connectivity index (χ3v) is 5.62. The van der Waals surface area contributed by atoms with E-state index in [2.05, 4.69) is 0 Å². The van der Waals surface area contributed by atoms with Gasteiger partial charge in [0.25, 0.3) is 17.5 Å². The van der Waals surface area contributed by atoms with Gasteiger partial charge in [-0.1, -0.05) is 47.5 Å². The molecule has 0 radical (unpaired) electrons. The summed E-state index contributed by atoms with van der Waals surface area (Å²) in [4.78, 5) is 48.8. The average Bonchev–Trinajstić information content (AvgIpc) is 2.82. The number of benzene rings is 3. The molecule has 3 aromatic carbocycles. The summed E-state index contributed by atoms with van der Waals surface area (Å²) in [7, 11) is 0. The summed E-state index contributed by atoms with van der Waals surface area (Å²) >= 11 is 12.6. The maximum atomic E-state index is 13.9. The standard InChI is InChI=1S/C24H14Cl2FN3O6/c25-18-9-13(10-19(26)21(18)36-12-14-4-1-2-7-20(14)27)8-17-22(31)28-24(33)29(23(17)32)15-5-3-6-16(11-15)30(34)35/h1-11H,12H2,(H,28,31,33)/b17-8+. The molecule has 0 atom stereocenters. The Morgan fingerprint density at radius 1 is 1.03 bits per heavy atom. The molecule has 9 nitrogen and oxygen atoms in total. The Hall–Kier alpha value is -4.28. The predicted octanol–water partition coefficient (Wildman–Crippen LogP) is 5.29. The minimum atomic E-state index is -1.06. The highest BCUT2D eigenvalue weighted by Crippen LogP contribution is 2.36. The molecule has 0 saturated carbocycles. The summed E-state index contributed by atoms with van der Waals surface area (Å²) in [6.07, 6.45) is 1.16. The Bertz CT molecular complexity index is 1440. The number of nitro groups is 1. The molecule has 1 aliphatic heterocycles. The van der Waals surface area contributed by atoms with Crippen molar-refractivity contribution < 1.29 is 28.4 Å². The number of halogens is 3. The third kappa shape index (κ3) is 5.04. The first-order valence-corrected chi connectivity index (χ1v) is 10.9. The van der Waals surface area contributed by atoms with Crippen LogP contribution in [0.1, 0.15) is 11.1 Å². The van der Waals surface area contributed by atoms with Gasteiger partial charge in [0.15, 0.2) is 5.75 Å². The number of nitrogens with zero attached hydrogens (tertiary/aromatic N) is 2. The molecule has 0 aromatic heterocycles. The van der Waals surface area contributed by atoms with E-state index in [1.165, 1.54) is 48.5 Å². The van der Waals surface area contributed by atoms with E-state index in [-0.39, 0.29) is 44.9 Å². The van der Waals surface area contributed by atoms with E-state index in [1.54, 1.807) is 6.07 Å². The van der Waals surface area contributed by atoms with E-state index in [1.807, 2.05) is 5.32 Å². The molecule has 182 valence electrons. The van der Waals surface area contributed by atoms with Crippen LogP contribution in [0.3, 0.4) is 0 Å². The molecule has 36 heavy (non-hydrogen) atoms. The number of hydrogen-bond acceptors (Lipinski definition) is 6. The van der Waals surface area contributed by atoms with Crippen LogP contribution in [0.5, 0.6) is 5.75 Å². The van der Waals surface area contributed by atoms with Gasteiger partial charge >= 0.3 is 6.03 Å². The molecular formula is C24H14Cl2FN3O6. The van der Waals surface area contributed by atoms with E-state index in [9.17, 15) is 28.9 Å². The first-order valence-electron chi connectivity index (χ1n) is 10.2. The Balaban J connectivity index is 1.63. The second kappa shape index (κ2) is 10.1. The van der Waals surface area contributed by atoms with E-state index in [0.29, 0.717) is 4.90 Å². The van der Waals surface area contributed by atoms with E-state index in [4.69, 9.17) is 27.9 Å². The van der Waals surface area contributed by atoms with Crippen LogP contribution in [0.4, 0.5) is 20.6 Å². The van der Waals surface area contributed by atoms with Crippen LogP contribution in [-0.2, 0) is 16.2 Å². The summed E-state index contributed by atoms with van der Waals surface area (Å²) in [6.45, 7) is -0.145. The molecule has 4 rings (SSSR count). The van der Waals surface area contributed by atoms with Crippen molar-refractivity contribution in [3.05, 3.63) is 103 Å². The van der Waals surface area contributed by atoms with Gasteiger partial charge in [0.1, 0.15) is 18.0 Å². The Morgan fingerprint density at radius 2 is 1.72 bits per heavy atom.